The molecular weight excluding hydrogens is 262 g/mol. The molecule has 2 fully saturated rings. The van der Waals surface area contributed by atoms with E-state index in [2.05, 4.69) is 32.2 Å². The second kappa shape index (κ2) is 4.22. The monoisotopic (exact) mass is 283 g/mol. The van der Waals surface area contributed by atoms with Gasteiger partial charge in [-0.2, -0.15) is 0 Å². The lowest BCUT2D eigenvalue weighted by atomic mass is 9.68. The molecule has 3 heteroatoms. The van der Waals surface area contributed by atoms with Crippen LogP contribution in [0.15, 0.2) is 11.4 Å². The van der Waals surface area contributed by atoms with E-state index in [0.29, 0.717) is 16.9 Å². The SMILES string of the molecule is CC12CCC(C1)C(C)(C)C2NCc1cc(Cl)cs1. The van der Waals surface area contributed by atoms with Gasteiger partial charge in [0.25, 0.3) is 0 Å². The van der Waals surface area contributed by atoms with Gasteiger partial charge in [0.15, 0.2) is 0 Å². The number of hydrogen-bond donors (Lipinski definition) is 1. The standard InChI is InChI=1S/C15H22ClNS/c1-14(2)10-4-5-15(3,7-10)13(14)17-8-12-6-11(16)9-18-12/h6,9-10,13,17H,4-5,7-8H2,1-3H3. The summed E-state index contributed by atoms with van der Waals surface area (Å²) in [7, 11) is 0. The molecule has 1 heterocycles. The van der Waals surface area contributed by atoms with Crippen LogP contribution in [0, 0.1) is 16.7 Å². The van der Waals surface area contributed by atoms with Gasteiger partial charge in [0.1, 0.15) is 0 Å². The van der Waals surface area contributed by atoms with Crippen LogP contribution in [0.3, 0.4) is 0 Å². The largest absolute Gasteiger partial charge is 0.308 e. The lowest BCUT2D eigenvalue weighted by Gasteiger charge is -2.43. The van der Waals surface area contributed by atoms with E-state index >= 15 is 0 Å². The highest BCUT2D eigenvalue weighted by Gasteiger charge is 2.58. The molecule has 3 unspecified atom stereocenters. The molecule has 2 aliphatic carbocycles. The predicted octanol–water partition coefficient (Wildman–Crippen LogP) is 4.71. The molecule has 0 aromatic carbocycles. The lowest BCUT2D eigenvalue weighted by molar-refractivity contribution is 0.108. The van der Waals surface area contributed by atoms with E-state index in [1.807, 2.05) is 5.38 Å². The van der Waals surface area contributed by atoms with E-state index < -0.39 is 0 Å². The molecule has 18 heavy (non-hydrogen) atoms. The Kier molecular flexibility index (Phi) is 3.04. The normalized spacial score (nSPS) is 37.3. The number of thiophene rings is 1. The molecule has 2 bridgehead atoms. The van der Waals surface area contributed by atoms with Crippen LogP contribution in [-0.2, 0) is 6.54 Å². The predicted molar refractivity (Wildman–Crippen MR) is 79.2 cm³/mol. The number of hydrogen-bond acceptors (Lipinski definition) is 2. The quantitative estimate of drug-likeness (QED) is 0.847. The Hall–Kier alpha value is -0.0500. The molecule has 0 radical (unpaired) electrons. The highest BCUT2D eigenvalue weighted by molar-refractivity contribution is 7.10. The molecule has 1 aromatic heterocycles. The first-order valence-electron chi connectivity index (χ1n) is 6.88. The molecule has 0 amide bonds. The van der Waals surface area contributed by atoms with Crippen molar-refractivity contribution >= 4 is 22.9 Å². The minimum Gasteiger partial charge on any atom is -0.308 e. The van der Waals surface area contributed by atoms with Gasteiger partial charge in [-0.3, -0.25) is 0 Å². The minimum atomic E-state index is 0.439. The van der Waals surface area contributed by atoms with Crippen molar-refractivity contribution in [2.75, 3.05) is 0 Å². The number of fused-ring (bicyclic) bond motifs is 2. The van der Waals surface area contributed by atoms with Crippen molar-refractivity contribution < 1.29 is 0 Å². The van der Waals surface area contributed by atoms with Crippen LogP contribution >= 0.6 is 22.9 Å². The Morgan fingerprint density at radius 1 is 1.44 bits per heavy atom. The van der Waals surface area contributed by atoms with E-state index in [9.17, 15) is 0 Å². The Morgan fingerprint density at radius 2 is 2.22 bits per heavy atom. The summed E-state index contributed by atoms with van der Waals surface area (Å²) in [6, 6.07) is 2.73. The maximum atomic E-state index is 5.98. The van der Waals surface area contributed by atoms with Crippen molar-refractivity contribution in [1.82, 2.24) is 5.32 Å². The zero-order valence-electron chi connectivity index (χ0n) is 11.4. The molecule has 2 saturated carbocycles. The highest BCUT2D eigenvalue weighted by atomic mass is 35.5. The highest BCUT2D eigenvalue weighted by Crippen LogP contribution is 2.62. The Labute approximate surface area is 119 Å². The summed E-state index contributed by atoms with van der Waals surface area (Å²) in [5.74, 6) is 0.909. The Balaban J connectivity index is 1.72. The average Bonchev–Trinajstić information content (AvgIpc) is 2.89. The first kappa shape index (κ1) is 13.0. The summed E-state index contributed by atoms with van der Waals surface area (Å²) in [6.07, 6.45) is 4.22. The van der Waals surface area contributed by atoms with Crippen LogP contribution in [0.4, 0.5) is 0 Å². The summed E-state index contributed by atoms with van der Waals surface area (Å²) < 4.78 is 0. The van der Waals surface area contributed by atoms with Crippen molar-refractivity contribution in [3.05, 3.63) is 21.3 Å². The average molecular weight is 284 g/mol. The third-order valence-electron chi connectivity index (χ3n) is 5.37. The van der Waals surface area contributed by atoms with Gasteiger partial charge in [-0.05, 0) is 42.1 Å². The summed E-state index contributed by atoms with van der Waals surface area (Å²) in [5, 5.41) is 6.72. The van der Waals surface area contributed by atoms with Gasteiger partial charge in [-0.25, -0.2) is 0 Å². The zero-order chi connectivity index (χ0) is 13.0. The Morgan fingerprint density at radius 3 is 2.78 bits per heavy atom. The van der Waals surface area contributed by atoms with Crippen LogP contribution < -0.4 is 5.32 Å². The van der Waals surface area contributed by atoms with Gasteiger partial charge in [0.2, 0.25) is 0 Å². The van der Waals surface area contributed by atoms with Gasteiger partial charge in [0, 0.05) is 22.8 Å². The fourth-order valence-corrected chi connectivity index (χ4v) is 5.48. The summed E-state index contributed by atoms with van der Waals surface area (Å²) in [6.45, 7) is 8.33. The van der Waals surface area contributed by atoms with E-state index in [1.165, 1.54) is 24.1 Å². The fourth-order valence-electron chi connectivity index (χ4n) is 4.46. The number of nitrogens with one attached hydrogen (secondary N) is 1. The molecule has 1 aromatic rings. The van der Waals surface area contributed by atoms with Crippen molar-refractivity contribution in [1.29, 1.82) is 0 Å². The van der Waals surface area contributed by atoms with E-state index in [-0.39, 0.29) is 0 Å². The summed E-state index contributed by atoms with van der Waals surface area (Å²) in [4.78, 5) is 1.35. The summed E-state index contributed by atoms with van der Waals surface area (Å²) in [5.41, 5.74) is 0.948. The second-order valence-electron chi connectivity index (χ2n) is 6.96. The second-order valence-corrected chi connectivity index (χ2v) is 8.39. The molecular formula is C15H22ClNS. The smallest absolute Gasteiger partial charge is 0.0516 e. The van der Waals surface area contributed by atoms with E-state index in [0.717, 1.165) is 17.5 Å². The number of halogens is 1. The van der Waals surface area contributed by atoms with Gasteiger partial charge >= 0.3 is 0 Å². The third kappa shape index (κ3) is 1.93. The maximum Gasteiger partial charge on any atom is 0.0516 e. The van der Waals surface area contributed by atoms with Crippen molar-refractivity contribution in [2.24, 2.45) is 16.7 Å². The molecule has 1 nitrogen and oxygen atoms in total. The van der Waals surface area contributed by atoms with Crippen molar-refractivity contribution in [3.63, 3.8) is 0 Å². The van der Waals surface area contributed by atoms with Gasteiger partial charge in [0.05, 0.1) is 5.02 Å². The molecule has 0 aliphatic heterocycles. The fraction of sp³-hybridized carbons (Fsp3) is 0.733. The van der Waals surface area contributed by atoms with Crippen molar-refractivity contribution in [2.45, 2.75) is 52.6 Å². The molecule has 100 valence electrons. The minimum absolute atomic E-state index is 0.439. The van der Waals surface area contributed by atoms with Crippen LogP contribution in [0.1, 0.15) is 44.9 Å². The molecule has 3 atom stereocenters. The first-order valence-corrected chi connectivity index (χ1v) is 8.14. The zero-order valence-corrected chi connectivity index (χ0v) is 13.0. The molecule has 0 spiro atoms. The number of rotatable bonds is 3. The van der Waals surface area contributed by atoms with Crippen LogP contribution in [0.25, 0.3) is 0 Å². The van der Waals surface area contributed by atoms with Gasteiger partial charge < -0.3 is 5.32 Å². The topological polar surface area (TPSA) is 12.0 Å². The van der Waals surface area contributed by atoms with Crippen LogP contribution in [-0.4, -0.2) is 6.04 Å². The van der Waals surface area contributed by atoms with E-state index in [1.54, 1.807) is 11.3 Å². The lowest BCUT2D eigenvalue weighted by Crippen LogP contribution is -2.49. The molecule has 1 N–H and O–H groups in total. The van der Waals surface area contributed by atoms with Crippen LogP contribution in [0.2, 0.25) is 5.02 Å². The Bertz CT molecular complexity index is 448. The molecule has 2 aliphatic rings. The van der Waals surface area contributed by atoms with Gasteiger partial charge in [-0.1, -0.05) is 32.4 Å². The van der Waals surface area contributed by atoms with E-state index in [4.69, 9.17) is 11.6 Å². The van der Waals surface area contributed by atoms with Crippen molar-refractivity contribution in [3.8, 4) is 0 Å². The maximum absolute atomic E-state index is 5.98. The summed E-state index contributed by atoms with van der Waals surface area (Å²) >= 11 is 7.74. The molecule has 3 rings (SSSR count). The third-order valence-corrected chi connectivity index (χ3v) is 6.66. The van der Waals surface area contributed by atoms with Crippen LogP contribution in [0.5, 0.6) is 0 Å². The molecule has 0 saturated heterocycles. The van der Waals surface area contributed by atoms with Gasteiger partial charge in [-0.15, -0.1) is 11.3 Å². The first-order chi connectivity index (χ1) is 8.42.